The van der Waals surface area contributed by atoms with Crippen LogP contribution in [0.5, 0.6) is 0 Å². The molecule has 0 bridgehead atoms. The van der Waals surface area contributed by atoms with Crippen molar-refractivity contribution in [3.8, 4) is 0 Å². The summed E-state index contributed by atoms with van der Waals surface area (Å²) in [7, 11) is 2.00. The topological polar surface area (TPSA) is 25.2 Å². The lowest BCUT2D eigenvalue weighted by atomic mass is 10.1. The molecule has 3 heteroatoms. The van der Waals surface area contributed by atoms with E-state index in [9.17, 15) is 4.79 Å². The molecule has 0 N–H and O–H groups in total. The van der Waals surface area contributed by atoms with Crippen LogP contribution >= 0.6 is 0 Å². The molecule has 3 rings (SSSR count). The molecule has 0 saturated carbocycles. The third kappa shape index (κ3) is 1.77. The van der Waals surface area contributed by atoms with E-state index in [0.717, 1.165) is 35.6 Å². The van der Waals surface area contributed by atoms with Crippen molar-refractivity contribution in [3.63, 3.8) is 0 Å². The van der Waals surface area contributed by atoms with Crippen molar-refractivity contribution in [2.75, 3.05) is 11.4 Å². The number of carbonyl (C=O) groups excluding carboxylic acids is 1. The summed E-state index contributed by atoms with van der Waals surface area (Å²) in [6, 6.07) is 10.1. The van der Waals surface area contributed by atoms with E-state index in [1.165, 1.54) is 5.56 Å². The van der Waals surface area contributed by atoms with Gasteiger partial charge in [-0.1, -0.05) is 18.2 Å². The van der Waals surface area contributed by atoms with E-state index in [-0.39, 0.29) is 5.91 Å². The SMILES string of the molecule is Cc1cc(C(=O)N2CCc3ccccc32)c(C)n1C. The minimum absolute atomic E-state index is 0.117. The molecular weight excluding hydrogens is 236 g/mol. The fourth-order valence-corrected chi connectivity index (χ4v) is 2.77. The monoisotopic (exact) mass is 254 g/mol. The summed E-state index contributed by atoms with van der Waals surface area (Å²) in [5, 5.41) is 0. The summed E-state index contributed by atoms with van der Waals surface area (Å²) in [5.41, 5.74) is 5.30. The zero-order chi connectivity index (χ0) is 13.6. The number of carbonyl (C=O) groups is 1. The second kappa shape index (κ2) is 4.26. The van der Waals surface area contributed by atoms with E-state index in [0.29, 0.717) is 0 Å². The molecule has 0 atom stereocenters. The van der Waals surface area contributed by atoms with Gasteiger partial charge in [0.25, 0.3) is 5.91 Å². The number of aromatic nitrogens is 1. The van der Waals surface area contributed by atoms with E-state index in [2.05, 4.69) is 10.6 Å². The summed E-state index contributed by atoms with van der Waals surface area (Å²) in [6.07, 6.45) is 0.951. The van der Waals surface area contributed by atoms with Crippen molar-refractivity contribution in [3.05, 3.63) is 52.8 Å². The second-order valence-electron chi connectivity index (χ2n) is 5.18. The van der Waals surface area contributed by atoms with Crippen LogP contribution in [0.3, 0.4) is 0 Å². The van der Waals surface area contributed by atoms with E-state index < -0.39 is 0 Å². The molecule has 1 aromatic heterocycles. The third-order valence-corrected chi connectivity index (χ3v) is 4.14. The quantitative estimate of drug-likeness (QED) is 0.768. The summed E-state index contributed by atoms with van der Waals surface area (Å²) in [4.78, 5) is 14.6. The van der Waals surface area contributed by atoms with Gasteiger partial charge in [0.2, 0.25) is 0 Å². The van der Waals surface area contributed by atoms with Crippen molar-refractivity contribution >= 4 is 11.6 Å². The zero-order valence-electron chi connectivity index (χ0n) is 11.6. The van der Waals surface area contributed by atoms with Crippen LogP contribution in [-0.4, -0.2) is 17.0 Å². The van der Waals surface area contributed by atoms with Gasteiger partial charge in [-0.2, -0.15) is 0 Å². The van der Waals surface area contributed by atoms with Crippen LogP contribution in [-0.2, 0) is 13.5 Å². The number of hydrogen-bond donors (Lipinski definition) is 0. The standard InChI is InChI=1S/C16H18N2O/c1-11-10-14(12(2)17(11)3)16(19)18-9-8-13-6-4-5-7-15(13)18/h4-7,10H,8-9H2,1-3H3. The Kier molecular flexibility index (Phi) is 2.70. The molecule has 2 heterocycles. The Labute approximate surface area is 113 Å². The van der Waals surface area contributed by atoms with Crippen LogP contribution in [0.1, 0.15) is 27.3 Å². The Balaban J connectivity index is 2.00. The third-order valence-electron chi connectivity index (χ3n) is 4.14. The van der Waals surface area contributed by atoms with Crippen molar-refractivity contribution in [1.29, 1.82) is 0 Å². The van der Waals surface area contributed by atoms with Crippen molar-refractivity contribution in [2.24, 2.45) is 7.05 Å². The first kappa shape index (κ1) is 12.0. The number of amides is 1. The highest BCUT2D eigenvalue weighted by Gasteiger charge is 2.27. The molecule has 0 fully saturated rings. The predicted octanol–water partition coefficient (Wildman–Crippen LogP) is 2.84. The minimum Gasteiger partial charge on any atom is -0.351 e. The number of nitrogens with zero attached hydrogens (tertiary/aromatic N) is 2. The molecule has 0 aliphatic carbocycles. The van der Waals surface area contributed by atoms with Crippen molar-refractivity contribution in [2.45, 2.75) is 20.3 Å². The molecule has 19 heavy (non-hydrogen) atoms. The molecule has 0 spiro atoms. The summed E-state index contributed by atoms with van der Waals surface area (Å²) < 4.78 is 2.06. The average Bonchev–Trinajstić information content (AvgIpc) is 2.95. The van der Waals surface area contributed by atoms with E-state index >= 15 is 0 Å². The number of anilines is 1. The number of aryl methyl sites for hydroxylation is 1. The number of hydrogen-bond acceptors (Lipinski definition) is 1. The first-order valence-electron chi connectivity index (χ1n) is 6.62. The molecular formula is C16H18N2O. The van der Waals surface area contributed by atoms with Crippen LogP contribution in [0.4, 0.5) is 5.69 Å². The molecule has 0 saturated heterocycles. The molecule has 0 unspecified atom stereocenters. The molecule has 2 aromatic rings. The minimum atomic E-state index is 0.117. The second-order valence-corrected chi connectivity index (χ2v) is 5.18. The Morgan fingerprint density at radius 1 is 1.21 bits per heavy atom. The zero-order valence-corrected chi connectivity index (χ0v) is 11.6. The van der Waals surface area contributed by atoms with Crippen molar-refractivity contribution in [1.82, 2.24) is 4.57 Å². The van der Waals surface area contributed by atoms with Gasteiger partial charge in [-0.05, 0) is 38.0 Å². The van der Waals surface area contributed by atoms with Crippen LogP contribution in [0, 0.1) is 13.8 Å². The molecule has 1 aliphatic rings. The van der Waals surface area contributed by atoms with Gasteiger partial charge in [0.1, 0.15) is 0 Å². The Bertz CT molecular complexity index is 655. The smallest absolute Gasteiger partial charge is 0.260 e. The fourth-order valence-electron chi connectivity index (χ4n) is 2.77. The van der Waals surface area contributed by atoms with Gasteiger partial charge in [0.05, 0.1) is 5.56 Å². The number of rotatable bonds is 1. The normalized spacial score (nSPS) is 13.7. The summed E-state index contributed by atoms with van der Waals surface area (Å²) >= 11 is 0. The van der Waals surface area contributed by atoms with E-state index in [1.54, 1.807) is 0 Å². The molecule has 1 amide bonds. The summed E-state index contributed by atoms with van der Waals surface area (Å²) in [6.45, 7) is 4.81. The first-order chi connectivity index (χ1) is 9.09. The molecule has 0 radical (unpaired) electrons. The highest BCUT2D eigenvalue weighted by atomic mass is 16.2. The van der Waals surface area contributed by atoms with Crippen molar-refractivity contribution < 1.29 is 4.79 Å². The lowest BCUT2D eigenvalue weighted by molar-refractivity contribution is 0.0988. The van der Waals surface area contributed by atoms with Gasteiger partial charge >= 0.3 is 0 Å². The van der Waals surface area contributed by atoms with Crippen LogP contribution in [0.25, 0.3) is 0 Å². The van der Waals surface area contributed by atoms with Gasteiger partial charge in [-0.3, -0.25) is 4.79 Å². The lowest BCUT2D eigenvalue weighted by Crippen LogP contribution is -2.29. The Morgan fingerprint density at radius 3 is 2.63 bits per heavy atom. The van der Waals surface area contributed by atoms with Crippen LogP contribution in [0.2, 0.25) is 0 Å². The van der Waals surface area contributed by atoms with Gasteiger partial charge in [-0.15, -0.1) is 0 Å². The van der Waals surface area contributed by atoms with Gasteiger partial charge in [-0.25, -0.2) is 0 Å². The lowest BCUT2D eigenvalue weighted by Gasteiger charge is -2.17. The maximum Gasteiger partial charge on any atom is 0.260 e. The predicted molar refractivity (Wildman–Crippen MR) is 76.7 cm³/mol. The van der Waals surface area contributed by atoms with E-state index in [4.69, 9.17) is 0 Å². The average molecular weight is 254 g/mol. The highest BCUT2D eigenvalue weighted by molar-refractivity contribution is 6.08. The fraction of sp³-hybridized carbons (Fsp3) is 0.312. The van der Waals surface area contributed by atoms with Crippen LogP contribution in [0.15, 0.2) is 30.3 Å². The number of fused-ring (bicyclic) bond motifs is 1. The number of benzene rings is 1. The maximum absolute atomic E-state index is 12.7. The number of para-hydroxylation sites is 1. The maximum atomic E-state index is 12.7. The van der Waals surface area contributed by atoms with Crippen LogP contribution < -0.4 is 4.90 Å². The largest absolute Gasteiger partial charge is 0.351 e. The Hall–Kier alpha value is -2.03. The molecule has 1 aromatic carbocycles. The van der Waals surface area contributed by atoms with Gasteiger partial charge in [0, 0.05) is 30.7 Å². The van der Waals surface area contributed by atoms with Gasteiger partial charge < -0.3 is 9.47 Å². The molecule has 3 nitrogen and oxygen atoms in total. The first-order valence-corrected chi connectivity index (χ1v) is 6.62. The highest BCUT2D eigenvalue weighted by Crippen LogP contribution is 2.29. The van der Waals surface area contributed by atoms with Gasteiger partial charge in [0.15, 0.2) is 0 Å². The Morgan fingerprint density at radius 2 is 1.95 bits per heavy atom. The molecule has 1 aliphatic heterocycles. The molecule has 98 valence electrons. The summed E-state index contributed by atoms with van der Waals surface area (Å²) in [5.74, 6) is 0.117. The van der Waals surface area contributed by atoms with E-state index in [1.807, 2.05) is 50.1 Å².